The third kappa shape index (κ3) is 4.34. The number of pyridine rings is 2. The number of benzene rings is 5. The van der Waals surface area contributed by atoms with Crippen molar-refractivity contribution in [2.24, 2.45) is 0 Å². The summed E-state index contributed by atoms with van der Waals surface area (Å²) in [6.07, 6.45) is 3.73. The first-order valence-electron chi connectivity index (χ1n) is 13.7. The summed E-state index contributed by atoms with van der Waals surface area (Å²) in [5.74, 6) is 0. The van der Waals surface area contributed by atoms with Gasteiger partial charge in [-0.1, -0.05) is 78.4 Å². The third-order valence-corrected chi connectivity index (χ3v) is 7.74. The minimum absolute atomic E-state index is 0.977. The molecule has 0 unspecified atom stereocenters. The van der Waals surface area contributed by atoms with Crippen LogP contribution in [-0.2, 0) is 0 Å². The molecule has 2 heteroatoms. The van der Waals surface area contributed by atoms with E-state index in [-0.39, 0.29) is 0 Å². The van der Waals surface area contributed by atoms with Crippen LogP contribution in [0.15, 0.2) is 134 Å². The quantitative estimate of drug-likeness (QED) is 0.219. The van der Waals surface area contributed by atoms with Crippen LogP contribution in [0.3, 0.4) is 0 Å². The van der Waals surface area contributed by atoms with E-state index in [0.717, 1.165) is 16.8 Å². The molecule has 0 aliphatic heterocycles. The van der Waals surface area contributed by atoms with Gasteiger partial charge in [0.05, 0.1) is 11.2 Å². The Morgan fingerprint density at radius 1 is 0.425 bits per heavy atom. The van der Waals surface area contributed by atoms with Gasteiger partial charge in [0.25, 0.3) is 0 Å². The number of hydrogen-bond donors (Lipinski definition) is 0. The average Bonchev–Trinajstić information content (AvgIpc) is 3.01. The Bertz CT molecular complexity index is 2010. The van der Waals surface area contributed by atoms with Gasteiger partial charge in [0, 0.05) is 23.3 Å². The molecule has 0 aliphatic rings. The SMILES string of the molecule is Cc1ccc2c(c1)c(-c1cc(-c3ccccc3)cc(-c3cc(-c4ccccn4)ccc3C)c1)cc1ncccc12. The van der Waals surface area contributed by atoms with E-state index in [0.29, 0.717) is 0 Å². The van der Waals surface area contributed by atoms with Gasteiger partial charge < -0.3 is 0 Å². The lowest BCUT2D eigenvalue weighted by atomic mass is 9.88. The molecule has 190 valence electrons. The van der Waals surface area contributed by atoms with Crippen LogP contribution in [0.1, 0.15) is 11.1 Å². The van der Waals surface area contributed by atoms with Crippen LogP contribution in [0.25, 0.3) is 66.3 Å². The highest BCUT2D eigenvalue weighted by Crippen LogP contribution is 2.40. The fourth-order valence-electron chi connectivity index (χ4n) is 5.69. The van der Waals surface area contributed by atoms with Gasteiger partial charge in [-0.3, -0.25) is 9.97 Å². The van der Waals surface area contributed by atoms with E-state index in [1.54, 1.807) is 0 Å². The second kappa shape index (κ2) is 9.91. The second-order valence-electron chi connectivity index (χ2n) is 10.5. The molecule has 0 fully saturated rings. The van der Waals surface area contributed by atoms with Crippen LogP contribution in [0, 0.1) is 13.8 Å². The highest BCUT2D eigenvalue weighted by atomic mass is 14.7. The monoisotopic (exact) mass is 512 g/mol. The molecule has 0 saturated carbocycles. The van der Waals surface area contributed by atoms with Gasteiger partial charge in [-0.05, 0) is 112 Å². The number of fused-ring (bicyclic) bond motifs is 3. The Morgan fingerprint density at radius 3 is 2.02 bits per heavy atom. The molecule has 2 aromatic heterocycles. The van der Waals surface area contributed by atoms with Crippen molar-refractivity contribution in [1.29, 1.82) is 0 Å². The lowest BCUT2D eigenvalue weighted by Crippen LogP contribution is -1.92. The summed E-state index contributed by atoms with van der Waals surface area (Å²) in [6.45, 7) is 4.35. The molecule has 0 aliphatic carbocycles. The standard InChI is InChI=1S/C38H28N2/c1-25-13-16-32-33-11-8-18-40-38(33)24-35(36(32)19-25)31-21-29(27-9-4-3-5-10-27)20-30(22-31)34-23-28(15-14-26(34)2)37-12-6-7-17-39-37/h3-24H,1-2H3. The van der Waals surface area contributed by atoms with E-state index in [9.17, 15) is 0 Å². The zero-order chi connectivity index (χ0) is 27.1. The van der Waals surface area contributed by atoms with E-state index >= 15 is 0 Å². The molecule has 40 heavy (non-hydrogen) atoms. The van der Waals surface area contributed by atoms with Gasteiger partial charge >= 0.3 is 0 Å². The summed E-state index contributed by atoms with van der Waals surface area (Å²) in [7, 11) is 0. The van der Waals surface area contributed by atoms with Crippen molar-refractivity contribution in [3.63, 3.8) is 0 Å². The number of aromatic nitrogens is 2. The van der Waals surface area contributed by atoms with Crippen LogP contribution in [0.2, 0.25) is 0 Å². The van der Waals surface area contributed by atoms with Crippen LogP contribution >= 0.6 is 0 Å². The molecule has 0 amide bonds. The van der Waals surface area contributed by atoms with Crippen molar-refractivity contribution in [3.05, 3.63) is 145 Å². The zero-order valence-corrected chi connectivity index (χ0v) is 22.6. The summed E-state index contributed by atoms with van der Waals surface area (Å²) < 4.78 is 0. The molecule has 0 saturated heterocycles. The molecule has 0 radical (unpaired) electrons. The van der Waals surface area contributed by atoms with Crippen LogP contribution in [-0.4, -0.2) is 9.97 Å². The summed E-state index contributed by atoms with van der Waals surface area (Å²) >= 11 is 0. The Kier molecular flexibility index (Phi) is 5.94. The smallest absolute Gasteiger partial charge is 0.0714 e. The summed E-state index contributed by atoms with van der Waals surface area (Å²) in [6, 6.07) is 43.5. The summed E-state index contributed by atoms with van der Waals surface area (Å²) in [4.78, 5) is 9.36. The first-order valence-corrected chi connectivity index (χ1v) is 13.7. The Morgan fingerprint density at radius 2 is 1.20 bits per heavy atom. The molecule has 0 spiro atoms. The molecule has 0 bridgehead atoms. The normalized spacial score (nSPS) is 11.2. The second-order valence-corrected chi connectivity index (χ2v) is 10.5. The van der Waals surface area contributed by atoms with Crippen LogP contribution in [0.4, 0.5) is 0 Å². The number of hydrogen-bond acceptors (Lipinski definition) is 2. The molecule has 2 heterocycles. The lowest BCUT2D eigenvalue weighted by Gasteiger charge is -2.16. The van der Waals surface area contributed by atoms with Gasteiger partial charge in [0.2, 0.25) is 0 Å². The Hall–Kier alpha value is -5.08. The molecule has 0 N–H and O–H groups in total. The van der Waals surface area contributed by atoms with Crippen molar-refractivity contribution < 1.29 is 0 Å². The molecular weight excluding hydrogens is 484 g/mol. The zero-order valence-electron chi connectivity index (χ0n) is 22.6. The summed E-state index contributed by atoms with van der Waals surface area (Å²) in [5, 5.41) is 3.65. The largest absolute Gasteiger partial charge is 0.256 e. The van der Waals surface area contributed by atoms with E-state index < -0.39 is 0 Å². The van der Waals surface area contributed by atoms with Crippen molar-refractivity contribution in [2.45, 2.75) is 13.8 Å². The third-order valence-electron chi connectivity index (χ3n) is 7.74. The van der Waals surface area contributed by atoms with Crippen molar-refractivity contribution in [1.82, 2.24) is 9.97 Å². The first-order chi connectivity index (χ1) is 19.6. The maximum Gasteiger partial charge on any atom is 0.0714 e. The number of nitrogens with zero attached hydrogens (tertiary/aromatic N) is 2. The van der Waals surface area contributed by atoms with Crippen LogP contribution in [0.5, 0.6) is 0 Å². The fourth-order valence-corrected chi connectivity index (χ4v) is 5.69. The maximum absolute atomic E-state index is 4.75. The average molecular weight is 513 g/mol. The van der Waals surface area contributed by atoms with E-state index in [1.807, 2.05) is 30.6 Å². The van der Waals surface area contributed by atoms with Gasteiger partial charge in [-0.15, -0.1) is 0 Å². The minimum Gasteiger partial charge on any atom is -0.256 e. The fraction of sp³-hybridized carbons (Fsp3) is 0.0526. The molecule has 7 rings (SSSR count). The predicted octanol–water partition coefficient (Wildman–Crippen LogP) is 10.1. The van der Waals surface area contributed by atoms with Gasteiger partial charge in [-0.25, -0.2) is 0 Å². The van der Waals surface area contributed by atoms with Crippen LogP contribution < -0.4 is 0 Å². The predicted molar refractivity (Wildman–Crippen MR) is 168 cm³/mol. The molecule has 0 atom stereocenters. The van der Waals surface area contributed by atoms with Crippen molar-refractivity contribution in [2.75, 3.05) is 0 Å². The van der Waals surface area contributed by atoms with Crippen molar-refractivity contribution >= 4 is 21.7 Å². The molecular formula is C38H28N2. The molecule has 7 aromatic rings. The van der Waals surface area contributed by atoms with E-state index in [2.05, 4.69) is 122 Å². The molecule has 2 nitrogen and oxygen atoms in total. The summed E-state index contributed by atoms with van der Waals surface area (Å²) in [5.41, 5.74) is 12.7. The minimum atomic E-state index is 0.977. The van der Waals surface area contributed by atoms with E-state index in [1.165, 1.54) is 60.7 Å². The van der Waals surface area contributed by atoms with Crippen molar-refractivity contribution in [3.8, 4) is 44.6 Å². The lowest BCUT2D eigenvalue weighted by molar-refractivity contribution is 1.32. The maximum atomic E-state index is 4.75. The Balaban J connectivity index is 1.52. The Labute approximate surface area is 234 Å². The highest BCUT2D eigenvalue weighted by molar-refractivity contribution is 6.13. The molecule has 5 aromatic carbocycles. The first kappa shape index (κ1) is 24.0. The van der Waals surface area contributed by atoms with Gasteiger partial charge in [-0.2, -0.15) is 0 Å². The van der Waals surface area contributed by atoms with Gasteiger partial charge in [0.15, 0.2) is 0 Å². The number of aryl methyl sites for hydroxylation is 2. The van der Waals surface area contributed by atoms with Gasteiger partial charge in [0.1, 0.15) is 0 Å². The highest BCUT2D eigenvalue weighted by Gasteiger charge is 2.14. The van der Waals surface area contributed by atoms with E-state index in [4.69, 9.17) is 4.98 Å². The number of rotatable bonds is 4. The topological polar surface area (TPSA) is 25.8 Å².